The van der Waals surface area contributed by atoms with Crippen molar-refractivity contribution in [1.82, 2.24) is 0 Å². The van der Waals surface area contributed by atoms with Gasteiger partial charge in [0.05, 0.1) is 5.56 Å². The standard InChI is InChI=1S/C26H23F3N2O2/c1-15-14-23-20(12-13-31(23)17(3)32)16(2)24(15)30-25(33)22-7-5-4-6-21(22)18-8-10-19(11-9-18)26(27,28)29/h4-11,14H,12-13H2,1-3H3,(H,30,33). The molecule has 1 N–H and O–H groups in total. The van der Waals surface area contributed by atoms with Gasteiger partial charge in [0.25, 0.3) is 5.91 Å². The van der Waals surface area contributed by atoms with Crippen LogP contribution in [-0.4, -0.2) is 18.4 Å². The van der Waals surface area contributed by atoms with E-state index >= 15 is 0 Å². The predicted molar refractivity (Wildman–Crippen MR) is 122 cm³/mol. The predicted octanol–water partition coefficient (Wildman–Crippen LogP) is 6.15. The van der Waals surface area contributed by atoms with Crippen molar-refractivity contribution < 1.29 is 22.8 Å². The lowest BCUT2D eigenvalue weighted by Gasteiger charge is -2.20. The zero-order valence-corrected chi connectivity index (χ0v) is 18.5. The second kappa shape index (κ2) is 8.39. The smallest absolute Gasteiger partial charge is 0.321 e. The average molecular weight is 452 g/mol. The molecule has 3 aromatic rings. The summed E-state index contributed by atoms with van der Waals surface area (Å²) in [7, 11) is 0. The lowest BCUT2D eigenvalue weighted by atomic mass is 9.97. The van der Waals surface area contributed by atoms with Gasteiger partial charge in [-0.1, -0.05) is 30.3 Å². The Morgan fingerprint density at radius 2 is 1.67 bits per heavy atom. The van der Waals surface area contributed by atoms with Crippen LogP contribution in [0.15, 0.2) is 54.6 Å². The molecule has 170 valence electrons. The quantitative estimate of drug-likeness (QED) is 0.518. The van der Waals surface area contributed by atoms with Crippen LogP contribution >= 0.6 is 0 Å². The summed E-state index contributed by atoms with van der Waals surface area (Å²) >= 11 is 0. The van der Waals surface area contributed by atoms with Crippen molar-refractivity contribution in [1.29, 1.82) is 0 Å². The fourth-order valence-electron chi connectivity index (χ4n) is 4.38. The molecule has 0 saturated carbocycles. The molecule has 3 aromatic carbocycles. The van der Waals surface area contributed by atoms with Gasteiger partial charge < -0.3 is 10.2 Å². The minimum absolute atomic E-state index is 0.0187. The first kappa shape index (κ1) is 22.6. The minimum Gasteiger partial charge on any atom is -0.321 e. The Morgan fingerprint density at radius 3 is 2.30 bits per heavy atom. The van der Waals surface area contributed by atoms with Gasteiger partial charge in [-0.05, 0) is 72.4 Å². The topological polar surface area (TPSA) is 49.4 Å². The van der Waals surface area contributed by atoms with Crippen LogP contribution in [-0.2, 0) is 17.4 Å². The lowest BCUT2D eigenvalue weighted by molar-refractivity contribution is -0.137. The van der Waals surface area contributed by atoms with Crippen LogP contribution in [0, 0.1) is 13.8 Å². The van der Waals surface area contributed by atoms with Crippen molar-refractivity contribution >= 4 is 23.2 Å². The third-order valence-corrected chi connectivity index (χ3v) is 6.07. The molecule has 0 atom stereocenters. The Hall–Kier alpha value is -3.61. The summed E-state index contributed by atoms with van der Waals surface area (Å²) in [6.07, 6.45) is -3.71. The summed E-state index contributed by atoms with van der Waals surface area (Å²) in [5, 5.41) is 2.99. The highest BCUT2D eigenvalue weighted by atomic mass is 19.4. The van der Waals surface area contributed by atoms with Crippen LogP contribution < -0.4 is 10.2 Å². The molecular formula is C26H23F3N2O2. The van der Waals surface area contributed by atoms with E-state index in [1.165, 1.54) is 19.1 Å². The molecule has 0 saturated heterocycles. The maximum absolute atomic E-state index is 13.3. The molecule has 0 radical (unpaired) electrons. The molecule has 4 nitrogen and oxygen atoms in total. The SMILES string of the molecule is CC(=O)N1CCc2c1cc(C)c(NC(=O)c1ccccc1-c1ccc(C(F)(F)F)cc1)c2C. The summed E-state index contributed by atoms with van der Waals surface area (Å²) in [6.45, 7) is 5.95. The van der Waals surface area contributed by atoms with Crippen LogP contribution in [0.3, 0.4) is 0 Å². The molecule has 0 fully saturated rings. The first-order chi connectivity index (χ1) is 15.6. The number of carbonyl (C=O) groups is 2. The van der Waals surface area contributed by atoms with E-state index in [2.05, 4.69) is 5.32 Å². The second-order valence-electron chi connectivity index (χ2n) is 8.19. The number of nitrogens with one attached hydrogen (secondary N) is 1. The maximum atomic E-state index is 13.3. The van der Waals surface area contributed by atoms with E-state index in [-0.39, 0.29) is 11.8 Å². The number of aryl methyl sites for hydroxylation is 1. The van der Waals surface area contributed by atoms with Crippen molar-refractivity contribution in [3.05, 3.63) is 82.4 Å². The zero-order chi connectivity index (χ0) is 23.9. The van der Waals surface area contributed by atoms with Crippen molar-refractivity contribution in [2.45, 2.75) is 33.4 Å². The maximum Gasteiger partial charge on any atom is 0.416 e. The molecule has 2 amide bonds. The third kappa shape index (κ3) is 4.23. The number of nitrogens with zero attached hydrogens (tertiary/aromatic N) is 1. The van der Waals surface area contributed by atoms with Crippen LogP contribution in [0.5, 0.6) is 0 Å². The average Bonchev–Trinajstić information content (AvgIpc) is 3.20. The molecule has 33 heavy (non-hydrogen) atoms. The summed E-state index contributed by atoms with van der Waals surface area (Å²) in [4.78, 5) is 26.9. The molecule has 1 aliphatic heterocycles. The molecule has 1 heterocycles. The Balaban J connectivity index is 1.67. The molecule has 0 bridgehead atoms. The van der Waals surface area contributed by atoms with Gasteiger partial charge in [0, 0.05) is 30.4 Å². The number of benzene rings is 3. The first-order valence-electron chi connectivity index (χ1n) is 10.6. The second-order valence-corrected chi connectivity index (χ2v) is 8.19. The van der Waals surface area contributed by atoms with Crippen LogP contribution in [0.2, 0.25) is 0 Å². The van der Waals surface area contributed by atoms with E-state index in [4.69, 9.17) is 0 Å². The number of hydrogen-bond acceptors (Lipinski definition) is 2. The van der Waals surface area contributed by atoms with Gasteiger partial charge in [0.2, 0.25) is 5.91 Å². The Labute approximate surface area is 190 Å². The lowest BCUT2D eigenvalue weighted by Crippen LogP contribution is -2.25. The van der Waals surface area contributed by atoms with Gasteiger partial charge >= 0.3 is 6.18 Å². The fraction of sp³-hybridized carbons (Fsp3) is 0.231. The van der Waals surface area contributed by atoms with Crippen molar-refractivity contribution in [3.8, 4) is 11.1 Å². The molecule has 0 unspecified atom stereocenters. The molecule has 0 aliphatic carbocycles. The number of amides is 2. The Kier molecular flexibility index (Phi) is 5.74. The molecule has 1 aliphatic rings. The van der Waals surface area contributed by atoms with Gasteiger partial charge in [-0.3, -0.25) is 9.59 Å². The largest absolute Gasteiger partial charge is 0.416 e. The van der Waals surface area contributed by atoms with Crippen molar-refractivity contribution in [2.75, 3.05) is 16.8 Å². The first-order valence-corrected chi connectivity index (χ1v) is 10.6. The van der Waals surface area contributed by atoms with Crippen LogP contribution in [0.4, 0.5) is 24.5 Å². The van der Waals surface area contributed by atoms with E-state index in [1.54, 1.807) is 29.2 Å². The Morgan fingerprint density at radius 1 is 1.00 bits per heavy atom. The fourth-order valence-corrected chi connectivity index (χ4v) is 4.38. The highest BCUT2D eigenvalue weighted by Gasteiger charge is 2.30. The Bertz CT molecular complexity index is 1250. The van der Waals surface area contributed by atoms with E-state index < -0.39 is 11.7 Å². The van der Waals surface area contributed by atoms with Gasteiger partial charge in [0.1, 0.15) is 0 Å². The molecule has 0 aromatic heterocycles. The highest BCUT2D eigenvalue weighted by molar-refractivity contribution is 6.09. The monoisotopic (exact) mass is 452 g/mol. The van der Waals surface area contributed by atoms with Gasteiger partial charge in [-0.2, -0.15) is 13.2 Å². The summed E-state index contributed by atoms with van der Waals surface area (Å²) in [5.41, 5.74) is 5.03. The number of hydrogen-bond donors (Lipinski definition) is 1. The van der Waals surface area contributed by atoms with Crippen molar-refractivity contribution in [3.63, 3.8) is 0 Å². The van der Waals surface area contributed by atoms with Gasteiger partial charge in [-0.25, -0.2) is 0 Å². The number of rotatable bonds is 3. The van der Waals surface area contributed by atoms with Crippen molar-refractivity contribution in [2.24, 2.45) is 0 Å². The molecule has 7 heteroatoms. The van der Waals surface area contributed by atoms with E-state index in [0.29, 0.717) is 35.3 Å². The highest BCUT2D eigenvalue weighted by Crippen LogP contribution is 2.38. The van der Waals surface area contributed by atoms with E-state index in [1.807, 2.05) is 19.9 Å². The number of fused-ring (bicyclic) bond motifs is 1. The minimum atomic E-state index is -4.42. The van der Waals surface area contributed by atoms with Gasteiger partial charge in [0.15, 0.2) is 0 Å². The number of anilines is 2. The van der Waals surface area contributed by atoms with Crippen LogP contribution in [0.25, 0.3) is 11.1 Å². The molecular weight excluding hydrogens is 429 g/mol. The number of carbonyl (C=O) groups excluding carboxylic acids is 2. The summed E-state index contributed by atoms with van der Waals surface area (Å²) in [5.74, 6) is -0.368. The van der Waals surface area contributed by atoms with E-state index in [9.17, 15) is 22.8 Å². The summed E-state index contributed by atoms with van der Waals surface area (Å²) in [6, 6.07) is 13.5. The molecule has 4 rings (SSSR count). The summed E-state index contributed by atoms with van der Waals surface area (Å²) < 4.78 is 38.8. The number of alkyl halides is 3. The van der Waals surface area contributed by atoms with Crippen LogP contribution in [0.1, 0.15) is 39.5 Å². The van der Waals surface area contributed by atoms with Gasteiger partial charge in [-0.15, -0.1) is 0 Å². The number of halogens is 3. The zero-order valence-electron chi connectivity index (χ0n) is 18.5. The molecule has 0 spiro atoms. The third-order valence-electron chi connectivity index (χ3n) is 6.07. The van der Waals surface area contributed by atoms with E-state index in [0.717, 1.165) is 34.5 Å². The normalized spacial score (nSPS) is 13.1.